The van der Waals surface area contributed by atoms with Gasteiger partial charge in [-0.25, -0.2) is 4.98 Å². The largest absolute Gasteiger partial charge is 0.481 e. The Morgan fingerprint density at radius 3 is 2.71 bits per heavy atom. The second-order valence-electron chi connectivity index (χ2n) is 5.24. The summed E-state index contributed by atoms with van der Waals surface area (Å²) in [7, 11) is 1.59. The van der Waals surface area contributed by atoms with Crippen LogP contribution in [0.15, 0.2) is 18.2 Å². The number of aliphatic carboxylic acids is 1. The van der Waals surface area contributed by atoms with Crippen molar-refractivity contribution >= 4 is 28.6 Å². The van der Waals surface area contributed by atoms with Gasteiger partial charge in [0.05, 0.1) is 24.0 Å². The quantitative estimate of drug-likeness (QED) is 0.744. The number of carboxylic acids is 1. The monoisotopic (exact) mass is 344 g/mol. The van der Waals surface area contributed by atoms with Gasteiger partial charge < -0.3 is 15.4 Å². The molecular weight excluding hydrogens is 329 g/mol. The first-order valence-corrected chi connectivity index (χ1v) is 6.92. The smallest absolute Gasteiger partial charge is 0.449 e. The van der Waals surface area contributed by atoms with Gasteiger partial charge in [0.1, 0.15) is 0 Å². The van der Waals surface area contributed by atoms with E-state index in [2.05, 4.69) is 15.3 Å². The van der Waals surface area contributed by atoms with Gasteiger partial charge in [-0.05, 0) is 25.2 Å². The van der Waals surface area contributed by atoms with Gasteiger partial charge in [0, 0.05) is 12.2 Å². The van der Waals surface area contributed by atoms with Crippen LogP contribution >= 0.6 is 0 Å². The van der Waals surface area contributed by atoms with Crippen molar-refractivity contribution in [2.75, 3.05) is 25.5 Å². The summed E-state index contributed by atoms with van der Waals surface area (Å²) in [5, 5.41) is 11.1. The van der Waals surface area contributed by atoms with E-state index >= 15 is 0 Å². The minimum Gasteiger partial charge on any atom is -0.481 e. The number of aromatic amines is 1. The maximum atomic E-state index is 12.6. The highest BCUT2D eigenvalue weighted by Gasteiger charge is 2.34. The number of nitrogens with zero attached hydrogens (tertiary/aromatic N) is 2. The molecule has 1 aromatic heterocycles. The zero-order valence-electron chi connectivity index (χ0n) is 12.6. The minimum absolute atomic E-state index is 0.0396. The number of anilines is 1. The average Bonchev–Trinajstić information content (AvgIpc) is 2.88. The Hall–Kier alpha value is -2.62. The number of hydrogen-bond donors (Lipinski definition) is 3. The van der Waals surface area contributed by atoms with Crippen molar-refractivity contribution in [3.63, 3.8) is 0 Å². The SMILES string of the molecule is CN(CCC(=O)O)CC(=O)Nc1ccc2nc(C(F)(F)F)[nH]c2c1. The van der Waals surface area contributed by atoms with Crippen molar-refractivity contribution in [2.24, 2.45) is 0 Å². The molecule has 0 saturated carbocycles. The summed E-state index contributed by atoms with van der Waals surface area (Å²) in [5.41, 5.74) is 0.606. The number of carbonyl (C=O) groups excluding carboxylic acids is 1. The summed E-state index contributed by atoms with van der Waals surface area (Å²) >= 11 is 0. The third kappa shape index (κ3) is 4.69. The molecule has 0 bridgehead atoms. The van der Waals surface area contributed by atoms with Crippen LogP contribution in [0, 0.1) is 0 Å². The number of aromatic nitrogens is 2. The molecule has 0 fully saturated rings. The lowest BCUT2D eigenvalue weighted by Gasteiger charge is -2.14. The fourth-order valence-corrected chi connectivity index (χ4v) is 2.03. The molecule has 0 spiro atoms. The predicted molar refractivity (Wildman–Crippen MR) is 79.5 cm³/mol. The van der Waals surface area contributed by atoms with Crippen molar-refractivity contribution in [1.29, 1.82) is 0 Å². The fraction of sp³-hybridized carbons (Fsp3) is 0.357. The van der Waals surface area contributed by atoms with E-state index in [4.69, 9.17) is 5.11 Å². The molecule has 1 aromatic carbocycles. The van der Waals surface area contributed by atoms with Crippen LogP contribution < -0.4 is 5.32 Å². The summed E-state index contributed by atoms with van der Waals surface area (Å²) in [5.74, 6) is -2.47. The number of carboxylic acid groups (broad SMARTS) is 1. The molecule has 0 atom stereocenters. The second-order valence-corrected chi connectivity index (χ2v) is 5.24. The molecule has 0 aliphatic rings. The third-order valence-electron chi connectivity index (χ3n) is 3.16. The van der Waals surface area contributed by atoms with Gasteiger partial charge in [0.25, 0.3) is 0 Å². The van der Waals surface area contributed by atoms with Crippen LogP contribution in [-0.4, -0.2) is 52.0 Å². The van der Waals surface area contributed by atoms with Crippen LogP contribution in [0.4, 0.5) is 18.9 Å². The van der Waals surface area contributed by atoms with E-state index in [-0.39, 0.29) is 30.5 Å². The van der Waals surface area contributed by atoms with Crippen molar-refractivity contribution in [1.82, 2.24) is 14.9 Å². The molecule has 0 radical (unpaired) electrons. The van der Waals surface area contributed by atoms with Crippen LogP contribution in [-0.2, 0) is 15.8 Å². The van der Waals surface area contributed by atoms with Crippen LogP contribution in [0.5, 0.6) is 0 Å². The molecule has 7 nitrogen and oxygen atoms in total. The lowest BCUT2D eigenvalue weighted by atomic mass is 10.2. The average molecular weight is 344 g/mol. The zero-order valence-corrected chi connectivity index (χ0v) is 12.6. The molecule has 2 rings (SSSR count). The topological polar surface area (TPSA) is 98.3 Å². The summed E-state index contributed by atoms with van der Waals surface area (Å²) < 4.78 is 37.8. The number of fused-ring (bicyclic) bond motifs is 1. The van der Waals surface area contributed by atoms with E-state index in [9.17, 15) is 22.8 Å². The molecule has 0 unspecified atom stereocenters. The number of likely N-dealkylation sites (N-methyl/N-ethyl adjacent to an activating group) is 1. The van der Waals surface area contributed by atoms with Crippen molar-refractivity contribution in [3.05, 3.63) is 24.0 Å². The van der Waals surface area contributed by atoms with Gasteiger partial charge in [-0.2, -0.15) is 13.2 Å². The number of alkyl halides is 3. The lowest BCUT2D eigenvalue weighted by Crippen LogP contribution is -2.31. The van der Waals surface area contributed by atoms with E-state index in [1.54, 1.807) is 7.05 Å². The first-order chi connectivity index (χ1) is 11.1. The van der Waals surface area contributed by atoms with Crippen LogP contribution in [0.25, 0.3) is 11.0 Å². The molecule has 0 aliphatic carbocycles. The highest BCUT2D eigenvalue weighted by Crippen LogP contribution is 2.29. The predicted octanol–water partition coefficient (Wildman–Crippen LogP) is 1.93. The fourth-order valence-electron chi connectivity index (χ4n) is 2.03. The molecule has 0 aliphatic heterocycles. The normalized spacial score (nSPS) is 11.9. The van der Waals surface area contributed by atoms with Crippen molar-refractivity contribution in [2.45, 2.75) is 12.6 Å². The highest BCUT2D eigenvalue weighted by atomic mass is 19.4. The van der Waals surface area contributed by atoms with Crippen LogP contribution in [0.1, 0.15) is 12.2 Å². The second kappa shape index (κ2) is 6.87. The third-order valence-corrected chi connectivity index (χ3v) is 3.16. The summed E-state index contributed by atoms with van der Waals surface area (Å²) in [6.07, 6.45) is -4.67. The maximum absolute atomic E-state index is 12.6. The van der Waals surface area contributed by atoms with E-state index < -0.39 is 23.9 Å². The number of carbonyl (C=O) groups is 2. The number of rotatable bonds is 6. The Labute approximate surface area is 134 Å². The Balaban J connectivity index is 2.02. The van der Waals surface area contributed by atoms with E-state index in [1.807, 2.05) is 0 Å². The number of amides is 1. The number of H-pyrrole nitrogens is 1. The summed E-state index contributed by atoms with van der Waals surface area (Å²) in [6, 6.07) is 4.16. The summed E-state index contributed by atoms with van der Waals surface area (Å²) in [4.78, 5) is 29.4. The number of hydrogen-bond acceptors (Lipinski definition) is 4. The molecule has 130 valence electrons. The molecule has 24 heavy (non-hydrogen) atoms. The van der Waals surface area contributed by atoms with Crippen LogP contribution in [0.2, 0.25) is 0 Å². The molecule has 10 heteroatoms. The maximum Gasteiger partial charge on any atom is 0.449 e. The first-order valence-electron chi connectivity index (χ1n) is 6.92. The Morgan fingerprint density at radius 1 is 1.38 bits per heavy atom. The van der Waals surface area contributed by atoms with Gasteiger partial charge in [-0.3, -0.25) is 14.5 Å². The molecule has 2 aromatic rings. The standard InChI is InChI=1S/C14H15F3N4O3/c1-21(5-4-12(23)24)7-11(22)18-8-2-3-9-10(6-8)20-13(19-9)14(15,16)17/h2-3,6H,4-5,7H2,1H3,(H,18,22)(H,19,20)(H,23,24). The lowest BCUT2D eigenvalue weighted by molar-refractivity contribution is -0.144. The van der Waals surface area contributed by atoms with Crippen molar-refractivity contribution in [3.8, 4) is 0 Å². The number of benzene rings is 1. The van der Waals surface area contributed by atoms with E-state index in [0.717, 1.165) is 0 Å². The van der Waals surface area contributed by atoms with E-state index in [1.165, 1.54) is 23.1 Å². The summed E-state index contributed by atoms with van der Waals surface area (Å²) in [6.45, 7) is 0.166. The van der Waals surface area contributed by atoms with Gasteiger partial charge in [-0.15, -0.1) is 0 Å². The molecule has 1 heterocycles. The van der Waals surface area contributed by atoms with Gasteiger partial charge >= 0.3 is 12.1 Å². The first kappa shape index (κ1) is 17.7. The van der Waals surface area contributed by atoms with Gasteiger partial charge in [0.15, 0.2) is 0 Å². The highest BCUT2D eigenvalue weighted by molar-refractivity contribution is 5.94. The Bertz CT molecular complexity index is 757. The van der Waals surface area contributed by atoms with Gasteiger partial charge in [-0.1, -0.05) is 0 Å². The Kier molecular flexibility index (Phi) is 5.07. The molecular formula is C14H15F3N4O3. The number of imidazole rings is 1. The molecule has 3 N–H and O–H groups in total. The van der Waals surface area contributed by atoms with Gasteiger partial charge in [0.2, 0.25) is 11.7 Å². The molecule has 0 saturated heterocycles. The number of nitrogens with one attached hydrogen (secondary N) is 2. The number of halogens is 3. The van der Waals surface area contributed by atoms with Crippen LogP contribution in [0.3, 0.4) is 0 Å². The van der Waals surface area contributed by atoms with Crippen molar-refractivity contribution < 1.29 is 27.9 Å². The minimum atomic E-state index is -4.57. The molecule has 1 amide bonds. The van der Waals surface area contributed by atoms with E-state index in [0.29, 0.717) is 5.69 Å². The zero-order chi connectivity index (χ0) is 17.9. The Morgan fingerprint density at radius 2 is 2.08 bits per heavy atom.